The van der Waals surface area contributed by atoms with Crippen LogP contribution >= 0.6 is 11.6 Å². The van der Waals surface area contributed by atoms with Crippen LogP contribution in [0.5, 0.6) is 0 Å². The number of nitrogens with zero attached hydrogens (tertiary/aromatic N) is 1. The van der Waals surface area contributed by atoms with E-state index in [9.17, 15) is 14.7 Å². The molecule has 0 radical (unpaired) electrons. The minimum atomic E-state index is -0.429. The Morgan fingerprint density at radius 1 is 1.38 bits per heavy atom. The number of aliphatic hydroxyl groups is 1. The molecule has 1 aliphatic heterocycles. The van der Waals surface area contributed by atoms with Crippen LogP contribution in [0.2, 0.25) is 5.02 Å². The van der Waals surface area contributed by atoms with Gasteiger partial charge in [0, 0.05) is 23.7 Å². The van der Waals surface area contributed by atoms with Crippen LogP contribution in [0.15, 0.2) is 24.3 Å². The van der Waals surface area contributed by atoms with Crippen LogP contribution in [0.4, 0.5) is 0 Å². The molecule has 114 valence electrons. The van der Waals surface area contributed by atoms with E-state index in [0.717, 1.165) is 0 Å². The monoisotopic (exact) mass is 310 g/mol. The molecule has 6 heteroatoms. The van der Waals surface area contributed by atoms with Crippen LogP contribution < -0.4 is 5.32 Å². The molecule has 1 heterocycles. The molecule has 1 aromatic rings. The molecule has 1 saturated heterocycles. The lowest BCUT2D eigenvalue weighted by molar-refractivity contribution is -0.122. The van der Waals surface area contributed by atoms with Gasteiger partial charge >= 0.3 is 0 Å². The Labute approximate surface area is 128 Å². The summed E-state index contributed by atoms with van der Waals surface area (Å²) in [4.78, 5) is 25.7. The average molecular weight is 311 g/mol. The SMILES string of the molecule is CC1CN(CC(=O)NC(=O)c2ccc(Cl)cc2)CCC1O. The quantitative estimate of drug-likeness (QED) is 0.883. The summed E-state index contributed by atoms with van der Waals surface area (Å²) in [6.45, 7) is 3.43. The number of imide groups is 1. The number of carbonyl (C=O) groups is 2. The van der Waals surface area contributed by atoms with Crippen molar-refractivity contribution in [3.05, 3.63) is 34.9 Å². The molecule has 0 saturated carbocycles. The molecule has 0 bridgehead atoms. The largest absolute Gasteiger partial charge is 0.393 e. The van der Waals surface area contributed by atoms with E-state index in [1.54, 1.807) is 24.3 Å². The van der Waals surface area contributed by atoms with Crippen LogP contribution in [0, 0.1) is 5.92 Å². The molecular formula is C15H19ClN2O3. The number of hydrogen-bond donors (Lipinski definition) is 2. The molecule has 2 amide bonds. The van der Waals surface area contributed by atoms with Gasteiger partial charge in [0.2, 0.25) is 5.91 Å². The van der Waals surface area contributed by atoms with Gasteiger partial charge in [-0.2, -0.15) is 0 Å². The first kappa shape index (κ1) is 15.9. The van der Waals surface area contributed by atoms with Gasteiger partial charge in [-0.3, -0.25) is 19.8 Å². The second-order valence-electron chi connectivity index (χ2n) is 5.45. The lowest BCUT2D eigenvalue weighted by atomic mass is 9.97. The van der Waals surface area contributed by atoms with Gasteiger partial charge in [-0.15, -0.1) is 0 Å². The number of rotatable bonds is 3. The lowest BCUT2D eigenvalue weighted by Gasteiger charge is -2.33. The number of likely N-dealkylation sites (tertiary alicyclic amines) is 1. The van der Waals surface area contributed by atoms with Gasteiger partial charge < -0.3 is 5.11 Å². The Morgan fingerprint density at radius 3 is 2.67 bits per heavy atom. The molecule has 5 nitrogen and oxygen atoms in total. The Hall–Kier alpha value is -1.43. The first-order valence-electron chi connectivity index (χ1n) is 6.96. The Bertz CT molecular complexity index is 518. The number of carbonyl (C=O) groups excluding carboxylic acids is 2. The maximum atomic E-state index is 11.9. The van der Waals surface area contributed by atoms with Crippen molar-refractivity contribution in [2.75, 3.05) is 19.6 Å². The van der Waals surface area contributed by atoms with Crippen molar-refractivity contribution in [3.8, 4) is 0 Å². The van der Waals surface area contributed by atoms with Crippen molar-refractivity contribution >= 4 is 23.4 Å². The number of piperidine rings is 1. The van der Waals surface area contributed by atoms with E-state index in [1.165, 1.54) is 0 Å². The molecule has 2 unspecified atom stereocenters. The van der Waals surface area contributed by atoms with Gasteiger partial charge in [-0.1, -0.05) is 18.5 Å². The van der Waals surface area contributed by atoms with Crippen molar-refractivity contribution in [1.29, 1.82) is 0 Å². The summed E-state index contributed by atoms with van der Waals surface area (Å²) < 4.78 is 0. The predicted molar refractivity (Wildman–Crippen MR) is 80.2 cm³/mol. The molecule has 2 N–H and O–H groups in total. The molecule has 2 atom stereocenters. The standard InChI is InChI=1S/C15H19ClN2O3/c1-10-8-18(7-6-13(10)19)9-14(20)17-15(21)11-2-4-12(16)5-3-11/h2-5,10,13,19H,6-9H2,1H3,(H,17,20,21). The maximum absolute atomic E-state index is 11.9. The highest BCUT2D eigenvalue weighted by molar-refractivity contribution is 6.30. The fourth-order valence-electron chi connectivity index (χ4n) is 2.41. The molecule has 1 fully saturated rings. The van der Waals surface area contributed by atoms with Crippen molar-refractivity contribution < 1.29 is 14.7 Å². The summed E-state index contributed by atoms with van der Waals surface area (Å²) in [6.07, 6.45) is 0.347. The van der Waals surface area contributed by atoms with E-state index in [0.29, 0.717) is 30.1 Å². The highest BCUT2D eigenvalue weighted by atomic mass is 35.5. The molecule has 21 heavy (non-hydrogen) atoms. The Kier molecular flexibility index (Phi) is 5.33. The Morgan fingerprint density at radius 2 is 2.05 bits per heavy atom. The zero-order valence-electron chi connectivity index (χ0n) is 11.9. The normalized spacial score (nSPS) is 22.8. The topological polar surface area (TPSA) is 69.6 Å². The van der Waals surface area contributed by atoms with Crippen LogP contribution in [-0.4, -0.2) is 47.6 Å². The second kappa shape index (κ2) is 7.02. The van der Waals surface area contributed by atoms with E-state index in [2.05, 4.69) is 5.32 Å². The zero-order valence-corrected chi connectivity index (χ0v) is 12.6. The first-order valence-corrected chi connectivity index (χ1v) is 7.33. The number of nitrogens with one attached hydrogen (secondary N) is 1. The maximum Gasteiger partial charge on any atom is 0.257 e. The molecule has 1 aromatic carbocycles. The minimum absolute atomic E-state index is 0.138. The lowest BCUT2D eigenvalue weighted by Crippen LogP contribution is -2.47. The first-order chi connectivity index (χ1) is 9.95. The van der Waals surface area contributed by atoms with E-state index in [4.69, 9.17) is 11.6 Å². The summed E-state index contributed by atoms with van der Waals surface area (Å²) in [5.74, 6) is -0.626. The Balaban J connectivity index is 1.84. The third kappa shape index (κ3) is 4.52. The van der Waals surface area contributed by atoms with E-state index < -0.39 is 5.91 Å². The molecule has 1 aliphatic rings. The van der Waals surface area contributed by atoms with Gasteiger partial charge in [0.1, 0.15) is 0 Å². The predicted octanol–water partition coefficient (Wildman–Crippen LogP) is 1.30. The van der Waals surface area contributed by atoms with E-state index in [-0.39, 0.29) is 24.5 Å². The van der Waals surface area contributed by atoms with Crippen molar-refractivity contribution in [2.24, 2.45) is 5.92 Å². The summed E-state index contributed by atoms with van der Waals surface area (Å²) in [5.41, 5.74) is 0.398. The van der Waals surface area contributed by atoms with Crippen molar-refractivity contribution in [1.82, 2.24) is 10.2 Å². The van der Waals surface area contributed by atoms with Gasteiger partial charge in [-0.05, 0) is 36.6 Å². The molecule has 2 rings (SSSR count). The van der Waals surface area contributed by atoms with Crippen LogP contribution in [0.1, 0.15) is 23.7 Å². The summed E-state index contributed by atoms with van der Waals surface area (Å²) in [6, 6.07) is 6.36. The van der Waals surface area contributed by atoms with Crippen molar-refractivity contribution in [3.63, 3.8) is 0 Å². The fraction of sp³-hybridized carbons (Fsp3) is 0.467. The van der Waals surface area contributed by atoms with Gasteiger partial charge in [0.15, 0.2) is 0 Å². The van der Waals surface area contributed by atoms with Crippen LogP contribution in [-0.2, 0) is 4.79 Å². The number of benzene rings is 1. The van der Waals surface area contributed by atoms with Crippen molar-refractivity contribution in [2.45, 2.75) is 19.4 Å². The number of amides is 2. The molecule has 0 spiro atoms. The van der Waals surface area contributed by atoms with Crippen LogP contribution in [0.25, 0.3) is 0 Å². The van der Waals surface area contributed by atoms with Crippen LogP contribution in [0.3, 0.4) is 0 Å². The van der Waals surface area contributed by atoms with Gasteiger partial charge in [0.05, 0.1) is 12.6 Å². The zero-order chi connectivity index (χ0) is 15.4. The summed E-state index contributed by atoms with van der Waals surface area (Å²) >= 11 is 5.75. The third-order valence-corrected chi connectivity index (χ3v) is 3.92. The fourth-order valence-corrected chi connectivity index (χ4v) is 2.53. The molecule has 0 aromatic heterocycles. The molecule has 0 aliphatic carbocycles. The summed E-state index contributed by atoms with van der Waals surface area (Å²) in [7, 11) is 0. The highest BCUT2D eigenvalue weighted by Crippen LogP contribution is 2.16. The minimum Gasteiger partial charge on any atom is -0.393 e. The highest BCUT2D eigenvalue weighted by Gasteiger charge is 2.25. The number of hydrogen-bond acceptors (Lipinski definition) is 4. The third-order valence-electron chi connectivity index (χ3n) is 3.67. The van der Waals surface area contributed by atoms with E-state index >= 15 is 0 Å². The van der Waals surface area contributed by atoms with E-state index in [1.807, 2.05) is 11.8 Å². The van der Waals surface area contributed by atoms with Gasteiger partial charge in [0.25, 0.3) is 5.91 Å². The summed E-state index contributed by atoms with van der Waals surface area (Å²) in [5, 5.41) is 12.6. The number of aliphatic hydroxyl groups excluding tert-OH is 1. The molecular weight excluding hydrogens is 292 g/mol. The smallest absolute Gasteiger partial charge is 0.257 e. The van der Waals surface area contributed by atoms with Gasteiger partial charge in [-0.25, -0.2) is 0 Å². The average Bonchev–Trinajstić information content (AvgIpc) is 2.43. The number of halogens is 1. The second-order valence-corrected chi connectivity index (χ2v) is 5.89.